The number of nitrogens with zero attached hydrogens (tertiary/aromatic N) is 3. The van der Waals surface area contributed by atoms with Crippen molar-refractivity contribution in [2.24, 2.45) is 0 Å². The number of anilines is 1. The Morgan fingerprint density at radius 3 is 2.43 bits per heavy atom. The first-order valence-electron chi connectivity index (χ1n) is 12.0. The smallest absolute Gasteiger partial charge is 0.255 e. The minimum Gasteiger partial charge on any atom is -0.497 e. The molecular formula is C28H30BrN3O3. The van der Waals surface area contributed by atoms with Crippen molar-refractivity contribution in [3.63, 3.8) is 0 Å². The van der Waals surface area contributed by atoms with Crippen molar-refractivity contribution in [3.8, 4) is 5.75 Å². The summed E-state index contributed by atoms with van der Waals surface area (Å²) in [5.41, 5.74) is 2.57. The van der Waals surface area contributed by atoms with Crippen LogP contribution in [0.3, 0.4) is 0 Å². The molecule has 182 valence electrons. The average molecular weight is 536 g/mol. The molecule has 1 amide bonds. The van der Waals surface area contributed by atoms with E-state index in [1.54, 1.807) is 19.4 Å². The SMILES string of the molecule is COc1ccc(Br)c(C(=O)N2CCN(c3ccc(C(=O)CCCCc4ccccc4)cn3)CC2)c1. The van der Waals surface area contributed by atoms with Gasteiger partial charge >= 0.3 is 0 Å². The van der Waals surface area contributed by atoms with Gasteiger partial charge < -0.3 is 14.5 Å². The second kappa shape index (κ2) is 12.0. The van der Waals surface area contributed by atoms with E-state index in [-0.39, 0.29) is 11.7 Å². The predicted octanol–water partition coefficient (Wildman–Crippen LogP) is 5.41. The van der Waals surface area contributed by atoms with Crippen LogP contribution in [0.15, 0.2) is 71.3 Å². The maximum Gasteiger partial charge on any atom is 0.255 e. The molecule has 4 rings (SSSR count). The number of aromatic nitrogens is 1. The van der Waals surface area contributed by atoms with Gasteiger partial charge in [-0.3, -0.25) is 9.59 Å². The normalized spacial score (nSPS) is 13.5. The molecule has 0 aliphatic carbocycles. The van der Waals surface area contributed by atoms with Gasteiger partial charge in [0.05, 0.1) is 12.7 Å². The highest BCUT2D eigenvalue weighted by atomic mass is 79.9. The number of hydrogen-bond donors (Lipinski definition) is 0. The Bertz CT molecular complexity index is 1140. The summed E-state index contributed by atoms with van der Waals surface area (Å²) < 4.78 is 6.02. The molecule has 0 atom stereocenters. The molecule has 0 unspecified atom stereocenters. The number of piperazine rings is 1. The first-order valence-corrected chi connectivity index (χ1v) is 12.8. The average Bonchev–Trinajstić information content (AvgIpc) is 2.91. The number of aryl methyl sites for hydroxylation is 1. The van der Waals surface area contributed by atoms with E-state index in [0.29, 0.717) is 49.5 Å². The summed E-state index contributed by atoms with van der Waals surface area (Å²) in [5, 5.41) is 0. The molecule has 35 heavy (non-hydrogen) atoms. The van der Waals surface area contributed by atoms with E-state index in [1.807, 2.05) is 47.4 Å². The van der Waals surface area contributed by atoms with E-state index >= 15 is 0 Å². The third-order valence-corrected chi connectivity index (χ3v) is 7.02. The number of amides is 1. The maximum absolute atomic E-state index is 13.0. The zero-order chi connectivity index (χ0) is 24.6. The lowest BCUT2D eigenvalue weighted by Gasteiger charge is -2.35. The number of ether oxygens (including phenoxy) is 1. The Hall–Kier alpha value is -3.19. The van der Waals surface area contributed by atoms with Crippen LogP contribution in [-0.4, -0.2) is 54.9 Å². The number of rotatable bonds is 9. The Morgan fingerprint density at radius 2 is 1.74 bits per heavy atom. The van der Waals surface area contributed by atoms with Gasteiger partial charge in [0.1, 0.15) is 11.6 Å². The number of pyridine rings is 1. The van der Waals surface area contributed by atoms with Gasteiger partial charge in [0.25, 0.3) is 5.91 Å². The molecular weight excluding hydrogens is 506 g/mol. The lowest BCUT2D eigenvalue weighted by atomic mass is 10.0. The third-order valence-electron chi connectivity index (χ3n) is 6.33. The summed E-state index contributed by atoms with van der Waals surface area (Å²) in [7, 11) is 1.59. The van der Waals surface area contributed by atoms with Crippen LogP contribution in [0.4, 0.5) is 5.82 Å². The van der Waals surface area contributed by atoms with Gasteiger partial charge in [0, 0.05) is 48.8 Å². The van der Waals surface area contributed by atoms with Crippen molar-refractivity contribution in [3.05, 3.63) is 88.0 Å². The number of ketones is 1. The number of halogens is 1. The van der Waals surface area contributed by atoms with E-state index < -0.39 is 0 Å². The molecule has 7 heteroatoms. The Morgan fingerprint density at radius 1 is 0.971 bits per heavy atom. The predicted molar refractivity (Wildman–Crippen MR) is 141 cm³/mol. The molecule has 1 aromatic heterocycles. The van der Waals surface area contributed by atoms with Crippen molar-refractivity contribution in [1.82, 2.24) is 9.88 Å². The second-order valence-electron chi connectivity index (χ2n) is 8.65. The maximum atomic E-state index is 13.0. The molecule has 1 aliphatic rings. The molecule has 6 nitrogen and oxygen atoms in total. The summed E-state index contributed by atoms with van der Waals surface area (Å²) in [4.78, 5) is 34.1. The van der Waals surface area contributed by atoms with Gasteiger partial charge in [-0.15, -0.1) is 0 Å². The van der Waals surface area contributed by atoms with Crippen molar-refractivity contribution in [2.45, 2.75) is 25.7 Å². The van der Waals surface area contributed by atoms with Crippen LogP contribution in [0, 0.1) is 0 Å². The van der Waals surface area contributed by atoms with E-state index in [0.717, 1.165) is 29.6 Å². The molecule has 1 fully saturated rings. The Balaban J connectivity index is 1.25. The van der Waals surface area contributed by atoms with Crippen LogP contribution in [0.2, 0.25) is 0 Å². The van der Waals surface area contributed by atoms with Crippen LogP contribution >= 0.6 is 15.9 Å². The highest BCUT2D eigenvalue weighted by Crippen LogP contribution is 2.25. The first-order chi connectivity index (χ1) is 17.0. The number of hydrogen-bond acceptors (Lipinski definition) is 5. The van der Waals surface area contributed by atoms with Gasteiger partial charge in [-0.2, -0.15) is 0 Å². The zero-order valence-corrected chi connectivity index (χ0v) is 21.5. The fourth-order valence-corrected chi connectivity index (χ4v) is 4.66. The van der Waals surface area contributed by atoms with Crippen LogP contribution in [0.25, 0.3) is 0 Å². The van der Waals surface area contributed by atoms with E-state index in [1.165, 1.54) is 5.56 Å². The molecule has 2 aromatic carbocycles. The molecule has 1 saturated heterocycles. The van der Waals surface area contributed by atoms with Crippen molar-refractivity contribution in [1.29, 1.82) is 0 Å². The summed E-state index contributed by atoms with van der Waals surface area (Å²) >= 11 is 3.47. The Labute approximate surface area is 215 Å². The van der Waals surface area contributed by atoms with Gasteiger partial charge in [0.15, 0.2) is 5.78 Å². The van der Waals surface area contributed by atoms with E-state index in [9.17, 15) is 9.59 Å². The minimum absolute atomic E-state index is 0.0170. The number of Topliss-reactive ketones (excluding diaryl/α,β-unsaturated/α-hetero) is 1. The lowest BCUT2D eigenvalue weighted by molar-refractivity contribution is 0.0745. The van der Waals surface area contributed by atoms with Gasteiger partial charge in [-0.05, 0) is 71.1 Å². The summed E-state index contributed by atoms with van der Waals surface area (Å²) in [6.45, 7) is 2.58. The highest BCUT2D eigenvalue weighted by molar-refractivity contribution is 9.10. The molecule has 0 N–H and O–H groups in total. The minimum atomic E-state index is -0.0170. The molecule has 0 radical (unpaired) electrons. The Kier molecular flexibility index (Phi) is 8.53. The first kappa shape index (κ1) is 24.9. The molecule has 2 heterocycles. The van der Waals surface area contributed by atoms with Crippen molar-refractivity contribution < 1.29 is 14.3 Å². The van der Waals surface area contributed by atoms with Crippen LogP contribution in [-0.2, 0) is 6.42 Å². The van der Waals surface area contributed by atoms with Crippen LogP contribution in [0.5, 0.6) is 5.75 Å². The number of methoxy groups -OCH3 is 1. The molecule has 0 spiro atoms. The zero-order valence-electron chi connectivity index (χ0n) is 20.0. The topological polar surface area (TPSA) is 62.7 Å². The van der Waals surface area contributed by atoms with Crippen molar-refractivity contribution >= 4 is 33.4 Å². The van der Waals surface area contributed by atoms with Gasteiger partial charge in [-0.1, -0.05) is 30.3 Å². The standard InChI is InChI=1S/C28H30BrN3O3/c1-35-23-12-13-25(29)24(19-23)28(34)32-17-15-31(16-18-32)27-14-11-22(20-30-27)26(33)10-6-5-9-21-7-3-2-4-8-21/h2-4,7-8,11-14,19-20H,5-6,9-10,15-18H2,1H3. The van der Waals surface area contributed by atoms with Crippen molar-refractivity contribution in [2.75, 3.05) is 38.2 Å². The number of carbonyl (C=O) groups excluding carboxylic acids is 2. The molecule has 0 bridgehead atoms. The monoisotopic (exact) mass is 535 g/mol. The van der Waals surface area contributed by atoms with Gasteiger partial charge in [0.2, 0.25) is 0 Å². The fraction of sp³-hybridized carbons (Fsp3) is 0.321. The lowest BCUT2D eigenvalue weighted by Crippen LogP contribution is -2.49. The van der Waals surface area contributed by atoms with E-state index in [2.05, 4.69) is 37.9 Å². The summed E-state index contributed by atoms with van der Waals surface area (Å²) in [6.07, 6.45) is 5.08. The third kappa shape index (κ3) is 6.48. The quantitative estimate of drug-likeness (QED) is 0.270. The second-order valence-corrected chi connectivity index (χ2v) is 9.50. The fourth-order valence-electron chi connectivity index (χ4n) is 4.25. The highest BCUT2D eigenvalue weighted by Gasteiger charge is 2.24. The largest absolute Gasteiger partial charge is 0.497 e. The van der Waals surface area contributed by atoms with Crippen LogP contribution in [0.1, 0.15) is 45.5 Å². The van der Waals surface area contributed by atoms with Gasteiger partial charge in [-0.25, -0.2) is 4.98 Å². The number of benzene rings is 2. The summed E-state index contributed by atoms with van der Waals surface area (Å²) in [5.74, 6) is 1.61. The van der Waals surface area contributed by atoms with E-state index in [4.69, 9.17) is 4.74 Å². The summed E-state index contributed by atoms with van der Waals surface area (Å²) in [6, 6.07) is 19.6. The number of carbonyl (C=O) groups is 2. The number of unbranched alkanes of at least 4 members (excludes halogenated alkanes) is 1. The van der Waals surface area contributed by atoms with Crippen LogP contribution < -0.4 is 9.64 Å². The molecule has 0 saturated carbocycles. The molecule has 3 aromatic rings. The molecule has 1 aliphatic heterocycles.